The molecule has 0 aliphatic heterocycles. The lowest BCUT2D eigenvalue weighted by Crippen LogP contribution is -2.10. The summed E-state index contributed by atoms with van der Waals surface area (Å²) in [7, 11) is 0. The molecule has 1 saturated carbocycles. The van der Waals surface area contributed by atoms with Crippen molar-refractivity contribution >= 4 is 5.97 Å². The van der Waals surface area contributed by atoms with E-state index in [0.29, 0.717) is 5.92 Å². The first-order valence-corrected chi connectivity index (χ1v) is 5.32. The van der Waals surface area contributed by atoms with Gasteiger partial charge in [0.05, 0.1) is 6.42 Å². The molecule has 1 atom stereocenters. The zero-order chi connectivity index (χ0) is 10.8. The molecule has 80 valence electrons. The first-order valence-electron chi connectivity index (χ1n) is 5.32. The summed E-state index contributed by atoms with van der Waals surface area (Å²) in [6.07, 6.45) is 2.50. The van der Waals surface area contributed by atoms with Gasteiger partial charge in [0.15, 0.2) is 0 Å². The highest BCUT2D eigenvalue weighted by atomic mass is 16.4. The highest BCUT2D eigenvalue weighted by Gasteiger charge is 2.34. The minimum Gasteiger partial charge on any atom is -0.481 e. The minimum atomic E-state index is -0.727. The Morgan fingerprint density at radius 2 is 2.33 bits per heavy atom. The average molecular weight is 205 g/mol. The fraction of sp³-hybridized carbons (Fsp3) is 0.500. The molecule has 1 aliphatic carbocycles. The predicted molar refractivity (Wildman–Crippen MR) is 56.7 cm³/mol. The second-order valence-corrected chi connectivity index (χ2v) is 4.25. The Kier molecular flexibility index (Phi) is 2.71. The van der Waals surface area contributed by atoms with Crippen LogP contribution in [0.3, 0.4) is 0 Å². The van der Waals surface area contributed by atoms with Gasteiger partial charge in [0.1, 0.15) is 0 Å². The van der Waals surface area contributed by atoms with Crippen LogP contribution in [0.25, 0.3) is 0 Å². The standard InChI is InChI=1S/C12H15NO2/c1-8-3-2-4-11(13-8)10(7-12(14)15)9-5-6-9/h2-4,9-10H,5-7H2,1H3,(H,14,15). The van der Waals surface area contributed by atoms with Gasteiger partial charge in [-0.05, 0) is 37.8 Å². The van der Waals surface area contributed by atoms with Crippen LogP contribution < -0.4 is 0 Å². The van der Waals surface area contributed by atoms with E-state index < -0.39 is 5.97 Å². The van der Waals surface area contributed by atoms with Crippen LogP contribution in [-0.2, 0) is 4.79 Å². The third-order valence-electron chi connectivity index (χ3n) is 2.88. The maximum absolute atomic E-state index is 10.8. The van der Waals surface area contributed by atoms with Crippen molar-refractivity contribution in [2.24, 2.45) is 5.92 Å². The summed E-state index contributed by atoms with van der Waals surface area (Å²) in [5.41, 5.74) is 1.91. The van der Waals surface area contributed by atoms with E-state index in [9.17, 15) is 4.79 Å². The van der Waals surface area contributed by atoms with E-state index in [0.717, 1.165) is 24.2 Å². The van der Waals surface area contributed by atoms with Crippen LogP contribution in [0, 0.1) is 12.8 Å². The number of pyridine rings is 1. The maximum Gasteiger partial charge on any atom is 0.304 e. The molecule has 0 amide bonds. The number of aryl methyl sites for hydroxylation is 1. The van der Waals surface area contributed by atoms with Crippen molar-refractivity contribution in [1.29, 1.82) is 0 Å². The van der Waals surface area contributed by atoms with Crippen LogP contribution in [0.4, 0.5) is 0 Å². The quantitative estimate of drug-likeness (QED) is 0.820. The molecule has 3 heteroatoms. The number of carboxylic acids is 1. The van der Waals surface area contributed by atoms with Crippen LogP contribution >= 0.6 is 0 Å². The molecule has 1 unspecified atom stereocenters. The third kappa shape index (κ3) is 2.55. The number of hydrogen-bond donors (Lipinski definition) is 1. The van der Waals surface area contributed by atoms with E-state index in [1.807, 2.05) is 25.1 Å². The first kappa shape index (κ1) is 10.1. The van der Waals surface area contributed by atoms with Gasteiger partial charge in [-0.1, -0.05) is 6.07 Å². The van der Waals surface area contributed by atoms with Crippen LogP contribution in [0.1, 0.15) is 36.6 Å². The van der Waals surface area contributed by atoms with Crippen LogP contribution in [0.5, 0.6) is 0 Å². The maximum atomic E-state index is 10.8. The molecule has 1 fully saturated rings. The van der Waals surface area contributed by atoms with Crippen molar-refractivity contribution in [2.45, 2.75) is 32.1 Å². The molecule has 1 aromatic rings. The number of nitrogens with zero attached hydrogens (tertiary/aromatic N) is 1. The van der Waals surface area contributed by atoms with Crippen molar-refractivity contribution in [3.05, 3.63) is 29.6 Å². The Morgan fingerprint density at radius 1 is 1.60 bits per heavy atom. The topological polar surface area (TPSA) is 50.2 Å². The van der Waals surface area contributed by atoms with Crippen molar-refractivity contribution in [3.63, 3.8) is 0 Å². The number of carbonyl (C=O) groups is 1. The second-order valence-electron chi connectivity index (χ2n) is 4.25. The highest BCUT2D eigenvalue weighted by Crippen LogP contribution is 2.43. The van der Waals surface area contributed by atoms with Gasteiger partial charge in [-0.15, -0.1) is 0 Å². The van der Waals surface area contributed by atoms with Crippen molar-refractivity contribution in [1.82, 2.24) is 4.98 Å². The lowest BCUT2D eigenvalue weighted by Gasteiger charge is -2.13. The van der Waals surface area contributed by atoms with Gasteiger partial charge in [0.2, 0.25) is 0 Å². The van der Waals surface area contributed by atoms with Gasteiger partial charge >= 0.3 is 5.97 Å². The normalized spacial score (nSPS) is 17.4. The van der Waals surface area contributed by atoms with Gasteiger partial charge in [-0.25, -0.2) is 0 Å². The lowest BCUT2D eigenvalue weighted by atomic mass is 9.95. The van der Waals surface area contributed by atoms with Gasteiger partial charge in [-0.3, -0.25) is 9.78 Å². The molecule has 15 heavy (non-hydrogen) atoms. The smallest absolute Gasteiger partial charge is 0.304 e. The number of carboxylic acid groups (broad SMARTS) is 1. The Bertz CT molecular complexity index is 372. The van der Waals surface area contributed by atoms with Crippen LogP contribution in [-0.4, -0.2) is 16.1 Å². The van der Waals surface area contributed by atoms with E-state index >= 15 is 0 Å². The Balaban J connectivity index is 2.19. The average Bonchev–Trinajstić information content (AvgIpc) is 2.97. The van der Waals surface area contributed by atoms with Crippen molar-refractivity contribution < 1.29 is 9.90 Å². The lowest BCUT2D eigenvalue weighted by molar-refractivity contribution is -0.137. The molecule has 3 nitrogen and oxygen atoms in total. The number of hydrogen-bond acceptors (Lipinski definition) is 2. The molecule has 2 rings (SSSR count). The first-order chi connectivity index (χ1) is 7.16. The summed E-state index contributed by atoms with van der Waals surface area (Å²) in [4.78, 5) is 15.2. The number of rotatable bonds is 4. The van der Waals surface area contributed by atoms with Gasteiger partial charge < -0.3 is 5.11 Å². The number of aromatic nitrogens is 1. The zero-order valence-electron chi connectivity index (χ0n) is 8.81. The predicted octanol–water partition coefficient (Wildman–Crippen LogP) is 2.36. The SMILES string of the molecule is Cc1cccc(C(CC(=O)O)C2CC2)n1. The number of aliphatic carboxylic acids is 1. The summed E-state index contributed by atoms with van der Waals surface area (Å²) in [5.74, 6) is -0.0759. The van der Waals surface area contributed by atoms with E-state index in [-0.39, 0.29) is 12.3 Å². The second kappa shape index (κ2) is 4.01. The molecule has 0 radical (unpaired) electrons. The van der Waals surface area contributed by atoms with Gasteiger partial charge in [-0.2, -0.15) is 0 Å². The van der Waals surface area contributed by atoms with E-state index in [4.69, 9.17) is 5.11 Å². The Hall–Kier alpha value is -1.38. The third-order valence-corrected chi connectivity index (χ3v) is 2.88. The van der Waals surface area contributed by atoms with E-state index in [2.05, 4.69) is 4.98 Å². The molecule has 0 bridgehead atoms. The largest absolute Gasteiger partial charge is 0.481 e. The summed E-state index contributed by atoms with van der Waals surface area (Å²) in [6, 6.07) is 5.84. The summed E-state index contributed by atoms with van der Waals surface area (Å²) >= 11 is 0. The molecule has 0 spiro atoms. The van der Waals surface area contributed by atoms with E-state index in [1.54, 1.807) is 0 Å². The molecule has 1 heterocycles. The highest BCUT2D eigenvalue weighted by molar-refractivity contribution is 5.68. The molecule has 0 aromatic carbocycles. The van der Waals surface area contributed by atoms with Crippen molar-refractivity contribution in [2.75, 3.05) is 0 Å². The van der Waals surface area contributed by atoms with Gasteiger partial charge in [0.25, 0.3) is 0 Å². The Labute approximate surface area is 89.2 Å². The Morgan fingerprint density at radius 3 is 2.87 bits per heavy atom. The molecule has 1 aliphatic rings. The van der Waals surface area contributed by atoms with Crippen molar-refractivity contribution in [3.8, 4) is 0 Å². The molecular weight excluding hydrogens is 190 g/mol. The summed E-state index contributed by atoms with van der Waals surface area (Å²) in [5, 5.41) is 8.86. The fourth-order valence-electron chi connectivity index (χ4n) is 1.97. The zero-order valence-corrected chi connectivity index (χ0v) is 8.81. The molecule has 1 N–H and O–H groups in total. The molecule has 1 aromatic heterocycles. The van der Waals surface area contributed by atoms with Crippen LogP contribution in [0.15, 0.2) is 18.2 Å². The fourth-order valence-corrected chi connectivity index (χ4v) is 1.97. The van der Waals surface area contributed by atoms with Crippen LogP contribution in [0.2, 0.25) is 0 Å². The monoisotopic (exact) mass is 205 g/mol. The molecule has 0 saturated heterocycles. The summed E-state index contributed by atoms with van der Waals surface area (Å²) in [6.45, 7) is 1.94. The summed E-state index contributed by atoms with van der Waals surface area (Å²) < 4.78 is 0. The minimum absolute atomic E-state index is 0.113. The van der Waals surface area contributed by atoms with Gasteiger partial charge in [0, 0.05) is 17.3 Å². The van der Waals surface area contributed by atoms with E-state index in [1.165, 1.54) is 0 Å². The molecular formula is C12H15NO2.